The topological polar surface area (TPSA) is 69.9 Å². The summed E-state index contributed by atoms with van der Waals surface area (Å²) in [5, 5.41) is 14.5. The van der Waals surface area contributed by atoms with Crippen molar-refractivity contribution in [2.75, 3.05) is 16.8 Å². The molecule has 0 saturated heterocycles. The molecule has 0 bridgehead atoms. The number of carbonyl (C=O) groups is 1. The first-order valence-electron chi connectivity index (χ1n) is 6.49. The fraction of sp³-hybridized carbons (Fsp3) is 0.143. The lowest BCUT2D eigenvalue weighted by Gasteiger charge is -2.29. The Morgan fingerprint density at radius 3 is 3.10 bits per heavy atom. The second-order valence-electron chi connectivity index (χ2n) is 4.75. The van der Waals surface area contributed by atoms with Crippen LogP contribution in [0.2, 0.25) is 0 Å². The predicted octanol–water partition coefficient (Wildman–Crippen LogP) is 1.98. The average Bonchev–Trinajstić information content (AvgIpc) is 3.06. The minimum absolute atomic E-state index is 0.0889. The molecule has 1 aromatic carbocycles. The Hall–Kier alpha value is -2.38. The van der Waals surface area contributed by atoms with Crippen LogP contribution in [0.1, 0.15) is 5.69 Å². The zero-order chi connectivity index (χ0) is 14.4. The minimum Gasteiger partial charge on any atom is -0.390 e. The number of amides is 1. The lowest BCUT2D eigenvalue weighted by molar-refractivity contribution is -0.115. The number of hydrogen-bond donors (Lipinski definition) is 2. The lowest BCUT2D eigenvalue weighted by Crippen LogP contribution is -2.35. The van der Waals surface area contributed by atoms with Crippen molar-refractivity contribution >= 4 is 39.4 Å². The fourth-order valence-electron chi connectivity index (χ4n) is 2.61. The van der Waals surface area contributed by atoms with Crippen LogP contribution in [-0.4, -0.2) is 26.9 Å². The van der Waals surface area contributed by atoms with Crippen molar-refractivity contribution in [1.82, 2.24) is 9.38 Å². The van der Waals surface area contributed by atoms with Crippen molar-refractivity contribution in [3.05, 3.63) is 41.5 Å². The molecule has 0 aliphatic carbocycles. The summed E-state index contributed by atoms with van der Waals surface area (Å²) in [7, 11) is 0. The van der Waals surface area contributed by atoms with Crippen molar-refractivity contribution < 1.29 is 9.90 Å². The van der Waals surface area contributed by atoms with Gasteiger partial charge in [0.05, 0.1) is 23.7 Å². The summed E-state index contributed by atoms with van der Waals surface area (Å²) >= 11 is 1.50. The molecule has 1 aliphatic heterocycles. The normalized spacial score (nSPS) is 14.3. The number of hydrogen-bond acceptors (Lipinski definition) is 5. The number of aliphatic hydroxyl groups excluding tert-OH is 1. The van der Waals surface area contributed by atoms with Crippen molar-refractivity contribution in [2.45, 2.75) is 6.61 Å². The number of anilines is 3. The number of thiazole rings is 1. The van der Waals surface area contributed by atoms with E-state index in [-0.39, 0.29) is 19.1 Å². The number of aliphatic hydroxyl groups is 1. The molecule has 21 heavy (non-hydrogen) atoms. The zero-order valence-corrected chi connectivity index (χ0v) is 11.8. The molecular formula is C14H12N4O2S. The summed E-state index contributed by atoms with van der Waals surface area (Å²) in [4.78, 5) is 19.1. The zero-order valence-electron chi connectivity index (χ0n) is 11.0. The molecule has 7 heteroatoms. The van der Waals surface area contributed by atoms with E-state index in [1.165, 1.54) is 11.3 Å². The Morgan fingerprint density at radius 1 is 1.38 bits per heavy atom. The summed E-state index contributed by atoms with van der Waals surface area (Å²) in [5.74, 6) is 0.542. The maximum atomic E-state index is 11.9. The molecule has 0 saturated carbocycles. The highest BCUT2D eigenvalue weighted by Crippen LogP contribution is 2.36. The number of carbonyl (C=O) groups excluding carboxylic acids is 1. The predicted molar refractivity (Wildman–Crippen MR) is 81.1 cm³/mol. The van der Waals surface area contributed by atoms with Crippen molar-refractivity contribution in [3.63, 3.8) is 0 Å². The number of imidazole rings is 1. The van der Waals surface area contributed by atoms with Crippen LogP contribution in [-0.2, 0) is 11.4 Å². The summed E-state index contributed by atoms with van der Waals surface area (Å²) in [6, 6.07) is 7.58. The molecule has 1 amide bonds. The van der Waals surface area contributed by atoms with Gasteiger partial charge < -0.3 is 15.3 Å². The third-order valence-corrected chi connectivity index (χ3v) is 4.27. The molecule has 0 atom stereocenters. The van der Waals surface area contributed by atoms with E-state index in [4.69, 9.17) is 0 Å². The molecule has 6 nitrogen and oxygen atoms in total. The number of nitrogens with one attached hydrogen (secondary N) is 1. The van der Waals surface area contributed by atoms with Crippen LogP contribution in [0.3, 0.4) is 0 Å². The molecule has 1 aliphatic rings. The van der Waals surface area contributed by atoms with Gasteiger partial charge in [0.2, 0.25) is 5.91 Å². The van der Waals surface area contributed by atoms with Crippen LogP contribution < -0.4 is 10.2 Å². The highest BCUT2D eigenvalue weighted by molar-refractivity contribution is 7.15. The van der Waals surface area contributed by atoms with E-state index in [2.05, 4.69) is 10.3 Å². The van der Waals surface area contributed by atoms with Gasteiger partial charge in [0.1, 0.15) is 6.54 Å². The number of para-hydroxylation sites is 2. The number of aromatic nitrogens is 2. The number of fused-ring (bicyclic) bond motifs is 2. The van der Waals surface area contributed by atoms with Gasteiger partial charge in [-0.2, -0.15) is 0 Å². The number of nitrogens with zero attached hydrogens (tertiary/aromatic N) is 3. The third kappa shape index (κ3) is 1.82. The maximum absolute atomic E-state index is 11.9. The van der Waals surface area contributed by atoms with Gasteiger partial charge in [-0.3, -0.25) is 9.20 Å². The molecule has 0 radical (unpaired) electrons. The first-order chi connectivity index (χ1) is 10.3. The highest BCUT2D eigenvalue weighted by atomic mass is 32.1. The Balaban J connectivity index is 1.92. The quantitative estimate of drug-likeness (QED) is 0.759. The highest BCUT2D eigenvalue weighted by Gasteiger charge is 2.27. The second-order valence-corrected chi connectivity index (χ2v) is 5.62. The van der Waals surface area contributed by atoms with Crippen LogP contribution in [0.15, 0.2) is 35.8 Å². The molecule has 2 N–H and O–H groups in total. The molecule has 3 aromatic rings. The van der Waals surface area contributed by atoms with Crippen molar-refractivity contribution in [2.24, 2.45) is 0 Å². The molecular weight excluding hydrogens is 288 g/mol. The van der Waals surface area contributed by atoms with E-state index in [9.17, 15) is 9.90 Å². The van der Waals surface area contributed by atoms with Gasteiger partial charge in [0, 0.05) is 11.6 Å². The Morgan fingerprint density at radius 2 is 2.24 bits per heavy atom. The molecule has 2 aromatic heterocycles. The smallest absolute Gasteiger partial charge is 0.244 e. The van der Waals surface area contributed by atoms with E-state index < -0.39 is 0 Å². The van der Waals surface area contributed by atoms with Crippen LogP contribution in [0.25, 0.3) is 4.96 Å². The first kappa shape index (κ1) is 12.4. The minimum atomic E-state index is -0.131. The third-order valence-electron chi connectivity index (χ3n) is 3.52. The Kier molecular flexibility index (Phi) is 2.69. The summed E-state index contributed by atoms with van der Waals surface area (Å²) in [6.45, 7) is 0.0579. The van der Waals surface area contributed by atoms with Gasteiger partial charge in [-0.1, -0.05) is 12.1 Å². The first-order valence-corrected chi connectivity index (χ1v) is 7.37. The van der Waals surface area contributed by atoms with Gasteiger partial charge in [-0.25, -0.2) is 4.98 Å². The Labute approximate surface area is 124 Å². The number of benzene rings is 1. The maximum Gasteiger partial charge on any atom is 0.244 e. The molecule has 4 rings (SSSR count). The summed E-state index contributed by atoms with van der Waals surface area (Å²) < 4.78 is 1.86. The van der Waals surface area contributed by atoms with Crippen LogP contribution in [0, 0.1) is 0 Å². The van der Waals surface area contributed by atoms with Crippen LogP contribution in [0.4, 0.5) is 17.2 Å². The summed E-state index contributed by atoms with van der Waals surface area (Å²) in [6.07, 6.45) is 1.87. The van der Waals surface area contributed by atoms with Gasteiger partial charge in [0.25, 0.3) is 0 Å². The van der Waals surface area contributed by atoms with E-state index in [1.807, 2.05) is 45.1 Å². The van der Waals surface area contributed by atoms with E-state index in [1.54, 1.807) is 0 Å². The molecule has 0 unspecified atom stereocenters. The van der Waals surface area contributed by atoms with Gasteiger partial charge in [-0.05, 0) is 12.1 Å². The van der Waals surface area contributed by atoms with E-state index >= 15 is 0 Å². The largest absolute Gasteiger partial charge is 0.390 e. The number of rotatable bonds is 2. The van der Waals surface area contributed by atoms with Crippen LogP contribution in [0.5, 0.6) is 0 Å². The monoisotopic (exact) mass is 300 g/mol. The van der Waals surface area contributed by atoms with Crippen LogP contribution >= 0.6 is 11.3 Å². The second kappa shape index (κ2) is 4.57. The molecule has 3 heterocycles. The van der Waals surface area contributed by atoms with Gasteiger partial charge >= 0.3 is 0 Å². The van der Waals surface area contributed by atoms with E-state index in [0.29, 0.717) is 11.5 Å². The SMILES string of the molecule is O=C1CN(c2nc3sccn3c2CO)c2ccccc2N1. The van der Waals surface area contributed by atoms with Crippen molar-refractivity contribution in [3.8, 4) is 0 Å². The molecule has 106 valence electrons. The van der Waals surface area contributed by atoms with E-state index in [0.717, 1.165) is 16.3 Å². The standard InChI is InChI=1S/C14H12N4O2S/c19-8-11-13(16-14-17(11)5-6-21-14)18-7-12(20)15-9-3-1-2-4-10(9)18/h1-6,19H,7-8H2,(H,15,20). The average molecular weight is 300 g/mol. The fourth-order valence-corrected chi connectivity index (χ4v) is 3.33. The molecule has 0 fully saturated rings. The Bertz CT molecular complexity index is 838. The summed E-state index contributed by atoms with van der Waals surface area (Å²) in [5.41, 5.74) is 2.34. The molecule has 0 spiro atoms. The van der Waals surface area contributed by atoms with Gasteiger partial charge in [-0.15, -0.1) is 11.3 Å². The lowest BCUT2D eigenvalue weighted by atomic mass is 10.2. The van der Waals surface area contributed by atoms with Crippen molar-refractivity contribution in [1.29, 1.82) is 0 Å². The van der Waals surface area contributed by atoms with Gasteiger partial charge in [0.15, 0.2) is 10.8 Å².